The lowest BCUT2D eigenvalue weighted by molar-refractivity contribution is 0.151. The fourth-order valence-corrected chi connectivity index (χ4v) is 3.14. The van der Waals surface area contributed by atoms with Crippen molar-refractivity contribution in [1.82, 2.24) is 9.55 Å². The summed E-state index contributed by atoms with van der Waals surface area (Å²) in [5.74, 6) is 0.692. The molecule has 0 bridgehead atoms. The maximum atomic E-state index is 9.92. The van der Waals surface area contributed by atoms with Gasteiger partial charge >= 0.3 is 0 Å². The summed E-state index contributed by atoms with van der Waals surface area (Å²) in [5, 5.41) is 23.7. The number of anilines is 2. The summed E-state index contributed by atoms with van der Waals surface area (Å²) in [4.78, 5) is 4.43. The Labute approximate surface area is 151 Å². The van der Waals surface area contributed by atoms with Crippen LogP contribution in [0.2, 0.25) is 5.02 Å². The molecule has 6 heteroatoms. The number of hydrogen-bond acceptors (Lipinski definition) is 4. The third kappa shape index (κ3) is 3.46. The Kier molecular flexibility index (Phi) is 4.93. The van der Waals surface area contributed by atoms with E-state index in [0.29, 0.717) is 29.4 Å². The number of aliphatic hydroxyl groups excluding tert-OH is 1. The molecule has 1 aromatic carbocycles. The van der Waals surface area contributed by atoms with E-state index < -0.39 is 0 Å². The third-order valence-corrected chi connectivity index (χ3v) is 4.53. The molecule has 2 aromatic heterocycles. The predicted octanol–water partition coefficient (Wildman–Crippen LogP) is 4.38. The van der Waals surface area contributed by atoms with Gasteiger partial charge in [0, 0.05) is 24.3 Å². The molecule has 5 nitrogen and oxygen atoms in total. The van der Waals surface area contributed by atoms with Gasteiger partial charge in [-0.2, -0.15) is 5.26 Å². The highest BCUT2D eigenvalue weighted by atomic mass is 35.5. The van der Waals surface area contributed by atoms with Crippen LogP contribution in [0.3, 0.4) is 0 Å². The Hall–Kier alpha value is -2.55. The van der Waals surface area contributed by atoms with Crippen LogP contribution in [0.4, 0.5) is 11.5 Å². The zero-order valence-electron chi connectivity index (χ0n) is 14.1. The van der Waals surface area contributed by atoms with Gasteiger partial charge in [0.15, 0.2) is 0 Å². The van der Waals surface area contributed by atoms with Crippen molar-refractivity contribution in [3.63, 3.8) is 0 Å². The highest BCUT2D eigenvalue weighted by molar-refractivity contribution is 6.33. The van der Waals surface area contributed by atoms with Gasteiger partial charge < -0.3 is 15.0 Å². The van der Waals surface area contributed by atoms with Crippen LogP contribution >= 0.6 is 11.6 Å². The number of halogens is 1. The van der Waals surface area contributed by atoms with Crippen molar-refractivity contribution in [2.45, 2.75) is 32.9 Å². The lowest BCUT2D eigenvalue weighted by atomic mass is 10.1. The lowest BCUT2D eigenvalue weighted by Gasteiger charge is -2.13. The molecule has 0 aliphatic rings. The van der Waals surface area contributed by atoms with E-state index in [1.54, 1.807) is 18.3 Å². The molecular formula is C19H19ClN4O. The molecule has 0 spiro atoms. The van der Waals surface area contributed by atoms with Gasteiger partial charge in [-0.25, -0.2) is 4.98 Å². The number of hydrogen-bond donors (Lipinski definition) is 2. The Morgan fingerprint density at radius 2 is 2.20 bits per heavy atom. The Balaban J connectivity index is 1.99. The van der Waals surface area contributed by atoms with Gasteiger partial charge in [0.1, 0.15) is 5.82 Å². The van der Waals surface area contributed by atoms with Gasteiger partial charge in [0.2, 0.25) is 0 Å². The summed E-state index contributed by atoms with van der Waals surface area (Å²) in [5.41, 5.74) is 3.14. The van der Waals surface area contributed by atoms with Crippen molar-refractivity contribution in [1.29, 1.82) is 5.26 Å². The van der Waals surface area contributed by atoms with Crippen molar-refractivity contribution < 1.29 is 5.11 Å². The van der Waals surface area contributed by atoms with Gasteiger partial charge in [-0.05, 0) is 43.2 Å². The van der Waals surface area contributed by atoms with E-state index in [4.69, 9.17) is 16.9 Å². The molecule has 3 aromatic rings. The highest BCUT2D eigenvalue weighted by Gasteiger charge is 2.12. The SMILES string of the molecule is CC[C@H](O)Cn1ccc2c(Nc3c(C)cc(C#N)cc3Cl)nccc21. The minimum absolute atomic E-state index is 0.379. The molecule has 3 rings (SSSR count). The molecule has 0 saturated heterocycles. The third-order valence-electron chi connectivity index (χ3n) is 4.24. The molecule has 25 heavy (non-hydrogen) atoms. The second-order valence-electron chi connectivity index (χ2n) is 6.01. The first-order chi connectivity index (χ1) is 12.0. The molecule has 2 N–H and O–H groups in total. The van der Waals surface area contributed by atoms with Crippen LogP contribution in [0.1, 0.15) is 24.5 Å². The normalized spacial score (nSPS) is 12.1. The smallest absolute Gasteiger partial charge is 0.139 e. The molecule has 0 saturated carbocycles. The maximum Gasteiger partial charge on any atom is 0.139 e. The summed E-state index contributed by atoms with van der Waals surface area (Å²) in [6.07, 6.45) is 4.00. The summed E-state index contributed by atoms with van der Waals surface area (Å²) >= 11 is 6.33. The van der Waals surface area contributed by atoms with Crippen LogP contribution in [0.5, 0.6) is 0 Å². The van der Waals surface area contributed by atoms with Crippen molar-refractivity contribution in [2.75, 3.05) is 5.32 Å². The van der Waals surface area contributed by atoms with Crippen molar-refractivity contribution in [3.8, 4) is 6.07 Å². The van der Waals surface area contributed by atoms with Gasteiger partial charge in [0.25, 0.3) is 0 Å². The second-order valence-corrected chi connectivity index (χ2v) is 6.42. The van der Waals surface area contributed by atoms with E-state index >= 15 is 0 Å². The quantitative estimate of drug-likeness (QED) is 0.712. The minimum atomic E-state index is -0.379. The molecular weight excluding hydrogens is 336 g/mol. The van der Waals surface area contributed by atoms with Crippen LogP contribution < -0.4 is 5.32 Å². The van der Waals surface area contributed by atoms with Crippen molar-refractivity contribution >= 4 is 34.0 Å². The first-order valence-corrected chi connectivity index (χ1v) is 8.50. The Bertz CT molecular complexity index is 935. The average molecular weight is 355 g/mol. The fourth-order valence-electron chi connectivity index (χ4n) is 2.82. The van der Waals surface area contributed by atoms with Crippen LogP contribution in [-0.4, -0.2) is 20.8 Å². The number of aryl methyl sites for hydroxylation is 1. The first kappa shape index (κ1) is 17.3. The molecule has 0 aliphatic carbocycles. The van der Waals surface area contributed by atoms with Gasteiger partial charge in [-0.15, -0.1) is 0 Å². The Morgan fingerprint density at radius 1 is 1.40 bits per heavy atom. The average Bonchev–Trinajstić information content (AvgIpc) is 3.01. The Morgan fingerprint density at radius 3 is 2.88 bits per heavy atom. The fraction of sp³-hybridized carbons (Fsp3) is 0.263. The zero-order valence-corrected chi connectivity index (χ0v) is 14.9. The van der Waals surface area contributed by atoms with Crippen molar-refractivity contribution in [2.24, 2.45) is 0 Å². The standard InChI is InChI=1S/C19H19ClN4O/c1-3-14(25)11-24-7-5-15-17(24)4-6-22-19(15)23-18-12(2)8-13(10-21)9-16(18)20/h4-9,14,25H,3,11H2,1-2H3,(H,22,23)/t14-/m0/s1. The predicted molar refractivity (Wildman–Crippen MR) is 100 cm³/mol. The van der Waals surface area contributed by atoms with E-state index in [1.807, 2.05) is 36.7 Å². The summed E-state index contributed by atoms with van der Waals surface area (Å²) in [6, 6.07) is 9.43. The number of rotatable bonds is 5. The summed E-state index contributed by atoms with van der Waals surface area (Å²) in [7, 11) is 0. The molecule has 2 heterocycles. The van der Waals surface area contributed by atoms with Gasteiger partial charge in [-0.3, -0.25) is 0 Å². The molecule has 128 valence electrons. The van der Waals surface area contributed by atoms with E-state index in [2.05, 4.69) is 16.4 Å². The first-order valence-electron chi connectivity index (χ1n) is 8.12. The monoisotopic (exact) mass is 354 g/mol. The van der Waals surface area contributed by atoms with Crippen LogP contribution in [0, 0.1) is 18.3 Å². The van der Waals surface area contributed by atoms with E-state index in [-0.39, 0.29) is 6.10 Å². The number of nitrogens with zero attached hydrogens (tertiary/aromatic N) is 3. The van der Waals surface area contributed by atoms with Crippen LogP contribution in [-0.2, 0) is 6.54 Å². The zero-order chi connectivity index (χ0) is 18.0. The molecule has 0 amide bonds. The lowest BCUT2D eigenvalue weighted by Crippen LogP contribution is -2.13. The number of aromatic nitrogens is 2. The molecule has 0 aliphatic heterocycles. The van der Waals surface area contributed by atoms with Gasteiger partial charge in [0.05, 0.1) is 34.0 Å². The largest absolute Gasteiger partial charge is 0.391 e. The number of pyridine rings is 1. The molecule has 1 atom stereocenters. The van der Waals surface area contributed by atoms with E-state index in [1.165, 1.54) is 0 Å². The highest BCUT2D eigenvalue weighted by Crippen LogP contribution is 2.32. The van der Waals surface area contributed by atoms with Crippen LogP contribution in [0.25, 0.3) is 10.9 Å². The topological polar surface area (TPSA) is 73.9 Å². The van der Waals surface area contributed by atoms with Crippen LogP contribution in [0.15, 0.2) is 36.7 Å². The minimum Gasteiger partial charge on any atom is -0.391 e. The molecule has 0 fully saturated rings. The number of benzene rings is 1. The number of nitriles is 1. The summed E-state index contributed by atoms with van der Waals surface area (Å²) < 4.78 is 2.02. The van der Waals surface area contributed by atoms with Gasteiger partial charge in [-0.1, -0.05) is 18.5 Å². The number of nitrogens with one attached hydrogen (secondary N) is 1. The number of aliphatic hydroxyl groups is 1. The molecule has 0 unspecified atom stereocenters. The summed E-state index contributed by atoms with van der Waals surface area (Å²) in [6.45, 7) is 4.40. The molecule has 0 radical (unpaired) electrons. The maximum absolute atomic E-state index is 9.92. The van der Waals surface area contributed by atoms with E-state index in [0.717, 1.165) is 22.2 Å². The van der Waals surface area contributed by atoms with Crippen molar-refractivity contribution in [3.05, 3.63) is 52.8 Å². The number of fused-ring (bicyclic) bond motifs is 1. The second kappa shape index (κ2) is 7.14. The van der Waals surface area contributed by atoms with E-state index in [9.17, 15) is 5.11 Å².